The zero-order chi connectivity index (χ0) is 17.9. The van der Waals surface area contributed by atoms with Crippen molar-refractivity contribution in [3.63, 3.8) is 0 Å². The lowest BCUT2D eigenvalue weighted by atomic mass is 10.2. The molecular formula is C19H16FN5S. The van der Waals surface area contributed by atoms with Crippen molar-refractivity contribution < 1.29 is 4.39 Å². The van der Waals surface area contributed by atoms with Crippen LogP contribution in [0.5, 0.6) is 0 Å². The summed E-state index contributed by atoms with van der Waals surface area (Å²) >= 11 is 1.46. The summed E-state index contributed by atoms with van der Waals surface area (Å²) in [6.07, 6.45) is 5.99. The molecule has 2 aromatic heterocycles. The van der Waals surface area contributed by atoms with Crippen LogP contribution in [-0.2, 0) is 13.0 Å². The minimum absolute atomic E-state index is 0.273. The molecule has 5 nitrogen and oxygen atoms in total. The zero-order valence-corrected chi connectivity index (χ0v) is 14.8. The first-order valence-electron chi connectivity index (χ1n) is 8.50. The number of thiazole rings is 1. The van der Waals surface area contributed by atoms with Gasteiger partial charge in [-0.2, -0.15) is 5.26 Å². The van der Waals surface area contributed by atoms with Crippen LogP contribution in [0.3, 0.4) is 0 Å². The summed E-state index contributed by atoms with van der Waals surface area (Å²) in [5, 5.41) is 20.8. The number of rotatable bonds is 3. The van der Waals surface area contributed by atoms with Crippen molar-refractivity contribution in [1.82, 2.24) is 19.7 Å². The van der Waals surface area contributed by atoms with Gasteiger partial charge in [-0.05, 0) is 43.2 Å². The van der Waals surface area contributed by atoms with E-state index in [9.17, 15) is 9.65 Å². The Morgan fingerprint density at radius 3 is 2.85 bits per heavy atom. The number of hydrogen-bond acceptors (Lipinski definition) is 5. The van der Waals surface area contributed by atoms with Crippen LogP contribution in [0, 0.1) is 17.1 Å². The minimum Gasteiger partial charge on any atom is -0.310 e. The van der Waals surface area contributed by atoms with Gasteiger partial charge in [-0.1, -0.05) is 6.42 Å². The minimum atomic E-state index is -0.273. The smallest absolute Gasteiger partial charge is 0.174 e. The second-order valence-corrected chi connectivity index (χ2v) is 7.01. The van der Waals surface area contributed by atoms with Crippen LogP contribution in [0.4, 0.5) is 4.39 Å². The van der Waals surface area contributed by atoms with Crippen molar-refractivity contribution in [1.29, 1.82) is 5.26 Å². The number of aryl methyl sites for hydroxylation is 1. The highest BCUT2D eigenvalue weighted by molar-refractivity contribution is 7.13. The second kappa shape index (κ2) is 7.18. The van der Waals surface area contributed by atoms with Crippen molar-refractivity contribution >= 4 is 23.0 Å². The number of hydrogen-bond donors (Lipinski definition) is 0. The van der Waals surface area contributed by atoms with E-state index in [0.717, 1.165) is 42.2 Å². The average Bonchev–Trinajstić information content (AvgIpc) is 3.21. The predicted molar refractivity (Wildman–Crippen MR) is 98.6 cm³/mol. The van der Waals surface area contributed by atoms with Crippen molar-refractivity contribution in [3.05, 3.63) is 52.8 Å². The number of fused-ring (bicyclic) bond motifs is 1. The van der Waals surface area contributed by atoms with Gasteiger partial charge >= 0.3 is 0 Å². The van der Waals surface area contributed by atoms with Gasteiger partial charge in [-0.15, -0.1) is 21.5 Å². The van der Waals surface area contributed by atoms with E-state index in [2.05, 4.69) is 25.8 Å². The lowest BCUT2D eigenvalue weighted by Gasteiger charge is -2.05. The molecule has 0 saturated carbocycles. The molecule has 0 radical (unpaired) electrons. The highest BCUT2D eigenvalue weighted by atomic mass is 32.1. The van der Waals surface area contributed by atoms with Gasteiger partial charge in [0.1, 0.15) is 22.7 Å². The fraction of sp³-hybridized carbons (Fsp3) is 0.263. The van der Waals surface area contributed by atoms with Crippen LogP contribution >= 0.6 is 11.3 Å². The third-order valence-corrected chi connectivity index (χ3v) is 5.29. The molecule has 0 bridgehead atoms. The van der Waals surface area contributed by atoms with E-state index >= 15 is 0 Å². The Hall–Kier alpha value is -2.85. The Labute approximate surface area is 154 Å². The first-order chi connectivity index (χ1) is 12.7. The molecule has 0 spiro atoms. The SMILES string of the molecule is N#C/C(=C\c1csc(-c2ccc(F)cc2)n1)c1nnc2n1CCCCC2. The maximum Gasteiger partial charge on any atom is 0.174 e. The van der Waals surface area contributed by atoms with E-state index in [4.69, 9.17) is 0 Å². The fourth-order valence-corrected chi connectivity index (χ4v) is 3.84. The molecule has 26 heavy (non-hydrogen) atoms. The number of halogens is 1. The fourth-order valence-electron chi connectivity index (χ4n) is 3.06. The van der Waals surface area contributed by atoms with E-state index in [1.54, 1.807) is 18.2 Å². The summed E-state index contributed by atoms with van der Waals surface area (Å²) in [5.74, 6) is 1.29. The number of nitriles is 1. The van der Waals surface area contributed by atoms with Gasteiger partial charge < -0.3 is 4.57 Å². The molecule has 3 heterocycles. The first kappa shape index (κ1) is 16.6. The third kappa shape index (κ3) is 3.28. The summed E-state index contributed by atoms with van der Waals surface area (Å²) in [6, 6.07) is 8.46. The molecule has 0 aliphatic carbocycles. The monoisotopic (exact) mass is 365 g/mol. The van der Waals surface area contributed by atoms with Crippen molar-refractivity contribution in [3.8, 4) is 16.6 Å². The molecule has 0 saturated heterocycles. The molecule has 7 heteroatoms. The van der Waals surface area contributed by atoms with Crippen LogP contribution < -0.4 is 0 Å². The molecule has 0 fully saturated rings. The van der Waals surface area contributed by atoms with E-state index in [1.807, 2.05) is 5.38 Å². The van der Waals surface area contributed by atoms with E-state index in [0.29, 0.717) is 17.1 Å². The third-order valence-electron chi connectivity index (χ3n) is 4.38. The first-order valence-corrected chi connectivity index (χ1v) is 9.38. The van der Waals surface area contributed by atoms with Crippen molar-refractivity contribution in [2.75, 3.05) is 0 Å². The largest absolute Gasteiger partial charge is 0.310 e. The number of benzene rings is 1. The number of allylic oxidation sites excluding steroid dienone is 1. The molecule has 0 atom stereocenters. The molecular weight excluding hydrogens is 349 g/mol. The summed E-state index contributed by atoms with van der Waals surface area (Å²) in [5.41, 5.74) is 2.00. The van der Waals surface area contributed by atoms with Gasteiger partial charge in [0.25, 0.3) is 0 Å². The Balaban J connectivity index is 1.66. The summed E-state index contributed by atoms with van der Waals surface area (Å²) in [4.78, 5) is 4.55. The van der Waals surface area contributed by atoms with Crippen LogP contribution in [0.15, 0.2) is 29.6 Å². The van der Waals surface area contributed by atoms with E-state index in [1.165, 1.54) is 29.9 Å². The number of aromatic nitrogens is 4. The van der Waals surface area contributed by atoms with Gasteiger partial charge in [0.05, 0.1) is 11.3 Å². The lowest BCUT2D eigenvalue weighted by molar-refractivity contribution is 0.627. The van der Waals surface area contributed by atoms with Crippen molar-refractivity contribution in [2.45, 2.75) is 32.2 Å². The molecule has 0 unspecified atom stereocenters. The van der Waals surface area contributed by atoms with Crippen LogP contribution in [0.25, 0.3) is 22.2 Å². The highest BCUT2D eigenvalue weighted by Gasteiger charge is 2.18. The van der Waals surface area contributed by atoms with Gasteiger partial charge in [-0.25, -0.2) is 9.37 Å². The van der Waals surface area contributed by atoms with Gasteiger partial charge in [-0.3, -0.25) is 0 Å². The van der Waals surface area contributed by atoms with Crippen LogP contribution in [0.2, 0.25) is 0 Å². The number of nitrogens with zero attached hydrogens (tertiary/aromatic N) is 5. The van der Waals surface area contributed by atoms with Crippen LogP contribution in [-0.4, -0.2) is 19.7 Å². The lowest BCUT2D eigenvalue weighted by Crippen LogP contribution is -2.05. The molecule has 0 N–H and O–H groups in total. The normalized spacial score (nSPS) is 14.5. The van der Waals surface area contributed by atoms with E-state index in [-0.39, 0.29) is 5.82 Å². The molecule has 4 rings (SSSR count). The Kier molecular flexibility index (Phi) is 4.59. The summed E-state index contributed by atoms with van der Waals surface area (Å²) in [6.45, 7) is 0.842. The van der Waals surface area contributed by atoms with Crippen LogP contribution in [0.1, 0.15) is 36.6 Å². The highest BCUT2D eigenvalue weighted by Crippen LogP contribution is 2.26. The molecule has 1 aromatic carbocycles. The molecule has 1 aliphatic rings. The van der Waals surface area contributed by atoms with E-state index < -0.39 is 0 Å². The molecule has 3 aromatic rings. The Bertz CT molecular complexity index is 994. The summed E-state index contributed by atoms with van der Waals surface area (Å²) in [7, 11) is 0. The molecule has 0 amide bonds. The molecule has 1 aliphatic heterocycles. The zero-order valence-electron chi connectivity index (χ0n) is 14.0. The van der Waals surface area contributed by atoms with Gasteiger partial charge in [0, 0.05) is 23.9 Å². The Morgan fingerprint density at radius 1 is 1.19 bits per heavy atom. The van der Waals surface area contributed by atoms with Gasteiger partial charge in [0.2, 0.25) is 0 Å². The second-order valence-electron chi connectivity index (χ2n) is 6.16. The quantitative estimate of drug-likeness (QED) is 0.648. The van der Waals surface area contributed by atoms with Gasteiger partial charge in [0.15, 0.2) is 5.82 Å². The predicted octanol–water partition coefficient (Wildman–Crippen LogP) is 4.33. The Morgan fingerprint density at radius 2 is 2.04 bits per heavy atom. The average molecular weight is 365 g/mol. The summed E-state index contributed by atoms with van der Waals surface area (Å²) < 4.78 is 15.1. The molecule has 130 valence electrons. The maximum absolute atomic E-state index is 13.1. The standard InChI is InChI=1S/C19H16FN5S/c20-15-7-5-13(6-8-15)19-22-16(12-26-19)10-14(11-21)18-24-23-17-4-2-1-3-9-25(17)18/h5-8,10,12H,1-4,9H2/b14-10+. The van der Waals surface area contributed by atoms with Crippen molar-refractivity contribution in [2.24, 2.45) is 0 Å². The topological polar surface area (TPSA) is 67.4 Å². The maximum atomic E-state index is 13.1.